The number of nitrogens with zero attached hydrogens (tertiary/aromatic N) is 1. The van der Waals surface area contributed by atoms with Crippen molar-refractivity contribution >= 4 is 45.7 Å². The molecule has 4 nitrogen and oxygen atoms in total. The van der Waals surface area contributed by atoms with E-state index in [1.165, 1.54) is 0 Å². The number of carbonyl (C=O) groups is 2. The molecule has 0 saturated heterocycles. The summed E-state index contributed by atoms with van der Waals surface area (Å²) in [6.45, 7) is 5.73. The fourth-order valence-electron chi connectivity index (χ4n) is 2.76. The molecule has 0 aromatic heterocycles. The molecule has 1 N–H and O–H groups in total. The molecule has 0 bridgehead atoms. The standard InChI is InChI=1S/C19H16INO3/c1-10-4-5-13(8-11(10)2)16-17(22)19(24)21(18(16)23)15-7-6-14(20)9-12(15)3/h4-9,22H,1-3H3. The normalized spacial score (nSPS) is 14.8. The van der Waals surface area contributed by atoms with E-state index in [0.717, 1.165) is 25.2 Å². The van der Waals surface area contributed by atoms with Gasteiger partial charge in [0.25, 0.3) is 5.91 Å². The Bertz CT molecular complexity index is 915. The van der Waals surface area contributed by atoms with E-state index in [9.17, 15) is 14.7 Å². The topological polar surface area (TPSA) is 57.6 Å². The van der Waals surface area contributed by atoms with Crippen LogP contribution in [0.4, 0.5) is 5.69 Å². The molecule has 0 aliphatic carbocycles. The Hall–Kier alpha value is -2.15. The molecule has 0 unspecified atom stereocenters. The third-order valence-electron chi connectivity index (χ3n) is 4.25. The highest BCUT2D eigenvalue weighted by atomic mass is 127. The summed E-state index contributed by atoms with van der Waals surface area (Å²) < 4.78 is 1.01. The van der Waals surface area contributed by atoms with E-state index in [0.29, 0.717) is 11.3 Å². The van der Waals surface area contributed by atoms with Crippen molar-refractivity contribution in [2.24, 2.45) is 0 Å². The molecule has 24 heavy (non-hydrogen) atoms. The molecule has 122 valence electrons. The number of hydrogen-bond donors (Lipinski definition) is 1. The van der Waals surface area contributed by atoms with Gasteiger partial charge in [0.1, 0.15) is 0 Å². The largest absolute Gasteiger partial charge is 0.502 e. The van der Waals surface area contributed by atoms with E-state index < -0.39 is 17.6 Å². The first-order valence-corrected chi connectivity index (χ1v) is 8.55. The summed E-state index contributed by atoms with van der Waals surface area (Å²) in [5, 5.41) is 10.3. The van der Waals surface area contributed by atoms with Crippen LogP contribution in [0.1, 0.15) is 22.3 Å². The summed E-state index contributed by atoms with van der Waals surface area (Å²) in [6.07, 6.45) is 0. The molecule has 3 rings (SSSR count). The maximum absolute atomic E-state index is 12.8. The first-order chi connectivity index (χ1) is 11.3. The lowest BCUT2D eigenvalue weighted by Crippen LogP contribution is -2.32. The van der Waals surface area contributed by atoms with Gasteiger partial charge >= 0.3 is 5.91 Å². The minimum absolute atomic E-state index is 0.0565. The van der Waals surface area contributed by atoms with Crippen molar-refractivity contribution in [3.05, 3.63) is 68.0 Å². The number of carbonyl (C=O) groups excluding carboxylic acids is 2. The fourth-order valence-corrected chi connectivity index (χ4v) is 3.41. The molecular weight excluding hydrogens is 417 g/mol. The van der Waals surface area contributed by atoms with Gasteiger partial charge in [-0.15, -0.1) is 0 Å². The lowest BCUT2D eigenvalue weighted by atomic mass is 10.00. The van der Waals surface area contributed by atoms with Crippen molar-refractivity contribution in [1.29, 1.82) is 0 Å². The van der Waals surface area contributed by atoms with Crippen molar-refractivity contribution in [3.63, 3.8) is 0 Å². The van der Waals surface area contributed by atoms with Crippen molar-refractivity contribution in [2.75, 3.05) is 4.90 Å². The van der Waals surface area contributed by atoms with Crippen molar-refractivity contribution < 1.29 is 14.7 Å². The van der Waals surface area contributed by atoms with Gasteiger partial charge in [0.05, 0.1) is 11.3 Å². The average Bonchev–Trinajstić information content (AvgIpc) is 2.73. The summed E-state index contributed by atoms with van der Waals surface area (Å²) in [5.74, 6) is -1.68. The number of benzene rings is 2. The van der Waals surface area contributed by atoms with Crippen LogP contribution in [-0.2, 0) is 9.59 Å². The zero-order valence-corrected chi connectivity index (χ0v) is 15.7. The number of amides is 2. The minimum Gasteiger partial charge on any atom is -0.502 e. The minimum atomic E-state index is -0.683. The van der Waals surface area contributed by atoms with Crippen LogP contribution in [0, 0.1) is 24.3 Å². The van der Waals surface area contributed by atoms with Crippen LogP contribution in [0.15, 0.2) is 42.2 Å². The van der Waals surface area contributed by atoms with Gasteiger partial charge in [-0.05, 0) is 83.8 Å². The second-order valence-electron chi connectivity index (χ2n) is 5.90. The third-order valence-corrected chi connectivity index (χ3v) is 4.93. The number of halogens is 1. The summed E-state index contributed by atoms with van der Waals surface area (Å²) in [5.41, 5.74) is 3.99. The van der Waals surface area contributed by atoms with Crippen LogP contribution in [0.2, 0.25) is 0 Å². The number of aliphatic hydroxyl groups is 1. The molecule has 0 atom stereocenters. The smallest absolute Gasteiger partial charge is 0.301 e. The first kappa shape index (κ1) is 16.7. The van der Waals surface area contributed by atoms with Gasteiger partial charge in [0, 0.05) is 3.57 Å². The number of aliphatic hydroxyl groups excluding tert-OH is 1. The highest BCUT2D eigenvalue weighted by molar-refractivity contribution is 14.1. The van der Waals surface area contributed by atoms with Crippen LogP contribution in [0.3, 0.4) is 0 Å². The quantitative estimate of drug-likeness (QED) is 0.574. The van der Waals surface area contributed by atoms with E-state index in [1.807, 2.05) is 45.0 Å². The van der Waals surface area contributed by atoms with Crippen LogP contribution >= 0.6 is 22.6 Å². The number of aryl methyl sites for hydroxylation is 3. The lowest BCUT2D eigenvalue weighted by Gasteiger charge is -2.17. The van der Waals surface area contributed by atoms with Gasteiger partial charge in [-0.2, -0.15) is 0 Å². The highest BCUT2D eigenvalue weighted by Crippen LogP contribution is 2.34. The van der Waals surface area contributed by atoms with Crippen LogP contribution < -0.4 is 4.90 Å². The molecule has 1 aliphatic rings. The van der Waals surface area contributed by atoms with E-state index in [1.54, 1.807) is 12.1 Å². The van der Waals surface area contributed by atoms with Gasteiger partial charge in [-0.3, -0.25) is 9.59 Å². The van der Waals surface area contributed by atoms with Gasteiger partial charge in [-0.25, -0.2) is 4.90 Å². The Morgan fingerprint density at radius 1 is 0.875 bits per heavy atom. The average molecular weight is 433 g/mol. The molecule has 0 spiro atoms. The molecule has 1 aliphatic heterocycles. The second kappa shape index (κ2) is 6.05. The van der Waals surface area contributed by atoms with E-state index in [2.05, 4.69) is 22.6 Å². The van der Waals surface area contributed by atoms with Gasteiger partial charge in [0.15, 0.2) is 5.76 Å². The van der Waals surface area contributed by atoms with Crippen molar-refractivity contribution in [1.82, 2.24) is 0 Å². The predicted octanol–water partition coefficient (Wildman–Crippen LogP) is 4.06. The molecule has 1 heterocycles. The summed E-state index contributed by atoms with van der Waals surface area (Å²) in [6, 6.07) is 10.9. The Labute approximate surface area is 153 Å². The van der Waals surface area contributed by atoms with E-state index in [4.69, 9.17) is 0 Å². The summed E-state index contributed by atoms with van der Waals surface area (Å²) in [7, 11) is 0. The Morgan fingerprint density at radius 3 is 2.21 bits per heavy atom. The molecule has 2 aromatic rings. The van der Waals surface area contributed by atoms with Crippen LogP contribution in [-0.4, -0.2) is 16.9 Å². The SMILES string of the molecule is Cc1ccc(C2=C(O)C(=O)N(c3ccc(I)cc3C)C2=O)cc1C. The third kappa shape index (κ3) is 2.62. The Kier molecular flexibility index (Phi) is 4.21. The van der Waals surface area contributed by atoms with Crippen molar-refractivity contribution in [2.45, 2.75) is 20.8 Å². The van der Waals surface area contributed by atoms with E-state index in [-0.39, 0.29) is 5.57 Å². The number of imide groups is 1. The summed E-state index contributed by atoms with van der Waals surface area (Å²) in [4.78, 5) is 26.4. The molecule has 0 fully saturated rings. The van der Waals surface area contributed by atoms with Crippen molar-refractivity contribution in [3.8, 4) is 0 Å². The van der Waals surface area contributed by atoms with E-state index >= 15 is 0 Å². The molecule has 2 amide bonds. The number of anilines is 1. The highest BCUT2D eigenvalue weighted by Gasteiger charge is 2.40. The summed E-state index contributed by atoms with van der Waals surface area (Å²) >= 11 is 2.17. The maximum Gasteiger partial charge on any atom is 0.301 e. The maximum atomic E-state index is 12.8. The molecule has 0 radical (unpaired) electrons. The van der Waals surface area contributed by atoms with Crippen LogP contribution in [0.25, 0.3) is 5.57 Å². The zero-order chi connectivity index (χ0) is 17.6. The first-order valence-electron chi connectivity index (χ1n) is 7.47. The monoisotopic (exact) mass is 433 g/mol. The molecule has 2 aromatic carbocycles. The Balaban J connectivity index is 2.09. The zero-order valence-electron chi connectivity index (χ0n) is 13.6. The lowest BCUT2D eigenvalue weighted by molar-refractivity contribution is -0.121. The van der Waals surface area contributed by atoms with Gasteiger partial charge in [0.2, 0.25) is 0 Å². The molecule has 5 heteroatoms. The second-order valence-corrected chi connectivity index (χ2v) is 7.14. The molecular formula is C19H16INO3. The molecule has 0 saturated carbocycles. The number of rotatable bonds is 2. The Morgan fingerprint density at radius 2 is 1.58 bits per heavy atom. The van der Waals surface area contributed by atoms with Crippen LogP contribution in [0.5, 0.6) is 0 Å². The predicted molar refractivity (Wildman–Crippen MR) is 102 cm³/mol. The van der Waals surface area contributed by atoms with Gasteiger partial charge in [-0.1, -0.05) is 18.2 Å². The fraction of sp³-hybridized carbons (Fsp3) is 0.158. The number of hydrogen-bond acceptors (Lipinski definition) is 3. The van der Waals surface area contributed by atoms with Gasteiger partial charge < -0.3 is 5.11 Å².